The van der Waals surface area contributed by atoms with Crippen molar-refractivity contribution in [2.75, 3.05) is 31.6 Å². The molecule has 2 N–H and O–H groups in total. The van der Waals surface area contributed by atoms with Crippen LogP contribution in [0.3, 0.4) is 0 Å². The lowest BCUT2D eigenvalue weighted by atomic mass is 9.98. The second-order valence-corrected chi connectivity index (χ2v) is 5.68. The van der Waals surface area contributed by atoms with Crippen molar-refractivity contribution in [2.45, 2.75) is 19.8 Å². The maximum atomic E-state index is 4.63. The minimum absolute atomic E-state index is 0.673. The Balaban J connectivity index is 1.73. The summed E-state index contributed by atoms with van der Waals surface area (Å²) in [6.07, 6.45) is 4.30. The van der Waals surface area contributed by atoms with E-state index < -0.39 is 0 Å². The summed E-state index contributed by atoms with van der Waals surface area (Å²) < 4.78 is 0. The summed E-state index contributed by atoms with van der Waals surface area (Å²) in [7, 11) is 2.01. The van der Waals surface area contributed by atoms with Gasteiger partial charge in [-0.2, -0.15) is 4.98 Å². The van der Waals surface area contributed by atoms with Gasteiger partial charge in [0.05, 0.1) is 0 Å². The van der Waals surface area contributed by atoms with E-state index in [9.17, 15) is 0 Å². The van der Waals surface area contributed by atoms with Gasteiger partial charge in [0.25, 0.3) is 0 Å². The third-order valence-corrected chi connectivity index (χ3v) is 3.95. The topological polar surface area (TPSA) is 69.7 Å². The van der Waals surface area contributed by atoms with Crippen molar-refractivity contribution in [3.05, 3.63) is 24.0 Å². The molecule has 0 aromatic carbocycles. The molecule has 3 rings (SSSR count). The van der Waals surface area contributed by atoms with E-state index in [1.807, 2.05) is 32.3 Å². The Morgan fingerprint density at radius 2 is 2.33 bits per heavy atom. The number of nitrogens with zero attached hydrogens (tertiary/aromatic N) is 4. The lowest BCUT2D eigenvalue weighted by Crippen LogP contribution is -2.39. The molecule has 0 spiro atoms. The predicted molar refractivity (Wildman–Crippen MR) is 83.2 cm³/mol. The van der Waals surface area contributed by atoms with Crippen LogP contribution in [0.25, 0.3) is 11.4 Å². The first-order valence-electron chi connectivity index (χ1n) is 7.51. The summed E-state index contributed by atoms with van der Waals surface area (Å²) >= 11 is 0. The van der Waals surface area contributed by atoms with Crippen LogP contribution in [0, 0.1) is 12.8 Å². The van der Waals surface area contributed by atoms with E-state index in [1.54, 1.807) is 0 Å². The van der Waals surface area contributed by atoms with Gasteiger partial charge in [0.15, 0.2) is 5.82 Å². The summed E-state index contributed by atoms with van der Waals surface area (Å²) in [5, 5.41) is 10.7. The summed E-state index contributed by atoms with van der Waals surface area (Å²) in [4.78, 5) is 11.2. The summed E-state index contributed by atoms with van der Waals surface area (Å²) in [5.41, 5.74) is 1.98. The Labute approximate surface area is 125 Å². The van der Waals surface area contributed by atoms with Crippen molar-refractivity contribution in [3.8, 4) is 11.4 Å². The number of aromatic nitrogens is 4. The molecule has 2 aromatic heterocycles. The highest BCUT2D eigenvalue weighted by Crippen LogP contribution is 2.22. The molecule has 0 radical (unpaired) electrons. The van der Waals surface area contributed by atoms with E-state index in [1.165, 1.54) is 12.8 Å². The summed E-state index contributed by atoms with van der Waals surface area (Å²) in [6, 6.07) is 4.01. The molecule has 21 heavy (non-hydrogen) atoms. The van der Waals surface area contributed by atoms with Gasteiger partial charge in [0.2, 0.25) is 5.95 Å². The largest absolute Gasteiger partial charge is 0.339 e. The Morgan fingerprint density at radius 3 is 3.10 bits per heavy atom. The molecule has 0 bridgehead atoms. The fourth-order valence-corrected chi connectivity index (χ4v) is 2.83. The average molecular weight is 286 g/mol. The summed E-state index contributed by atoms with van der Waals surface area (Å²) in [5.74, 6) is 2.26. The van der Waals surface area contributed by atoms with Crippen LogP contribution in [-0.2, 0) is 0 Å². The van der Waals surface area contributed by atoms with Crippen molar-refractivity contribution in [2.24, 2.45) is 5.92 Å². The molecule has 1 aliphatic heterocycles. The second kappa shape index (κ2) is 6.22. The zero-order valence-electron chi connectivity index (χ0n) is 12.6. The van der Waals surface area contributed by atoms with Crippen LogP contribution in [0.2, 0.25) is 0 Å². The van der Waals surface area contributed by atoms with Gasteiger partial charge in [-0.25, -0.2) is 0 Å². The zero-order valence-corrected chi connectivity index (χ0v) is 12.6. The van der Waals surface area contributed by atoms with E-state index in [0.717, 1.165) is 42.7 Å². The molecule has 1 unspecified atom stereocenters. The van der Waals surface area contributed by atoms with Crippen molar-refractivity contribution >= 4 is 5.95 Å². The first-order chi connectivity index (χ1) is 10.3. The highest BCUT2D eigenvalue weighted by Gasteiger charge is 2.22. The van der Waals surface area contributed by atoms with E-state index in [-0.39, 0.29) is 0 Å². The molecule has 112 valence electrons. The maximum Gasteiger partial charge on any atom is 0.245 e. The molecule has 6 heteroatoms. The summed E-state index contributed by atoms with van der Waals surface area (Å²) in [6.45, 7) is 5.08. The molecule has 1 atom stereocenters. The standard InChI is InChI=1S/C15H22N6/c1-11-5-6-13(9-17-11)14-18-15(20-19-14)21-7-3-4-12(10-21)8-16-2/h5-6,9,12,16H,3-4,7-8,10H2,1-2H3,(H,18,19,20). The first-order valence-corrected chi connectivity index (χ1v) is 7.51. The van der Waals surface area contributed by atoms with Gasteiger partial charge in [-0.05, 0) is 51.4 Å². The molecule has 6 nitrogen and oxygen atoms in total. The molecule has 0 aliphatic carbocycles. The Bertz CT molecular complexity index is 574. The molecule has 2 aromatic rings. The number of anilines is 1. The van der Waals surface area contributed by atoms with Crippen molar-refractivity contribution in [3.63, 3.8) is 0 Å². The minimum Gasteiger partial charge on any atom is -0.339 e. The lowest BCUT2D eigenvalue weighted by Gasteiger charge is -2.31. The van der Waals surface area contributed by atoms with Crippen LogP contribution >= 0.6 is 0 Å². The van der Waals surface area contributed by atoms with Crippen molar-refractivity contribution in [1.82, 2.24) is 25.5 Å². The normalized spacial score (nSPS) is 19.0. The fraction of sp³-hybridized carbons (Fsp3) is 0.533. The number of hydrogen-bond acceptors (Lipinski definition) is 5. The smallest absolute Gasteiger partial charge is 0.245 e. The van der Waals surface area contributed by atoms with E-state index in [2.05, 4.69) is 30.4 Å². The quantitative estimate of drug-likeness (QED) is 0.893. The fourth-order valence-electron chi connectivity index (χ4n) is 2.83. The maximum absolute atomic E-state index is 4.63. The average Bonchev–Trinajstić information content (AvgIpc) is 2.98. The Morgan fingerprint density at radius 1 is 1.43 bits per heavy atom. The third-order valence-electron chi connectivity index (χ3n) is 3.95. The molecule has 0 saturated carbocycles. The van der Waals surface area contributed by atoms with Crippen LogP contribution in [-0.4, -0.2) is 46.8 Å². The molecule has 1 saturated heterocycles. The van der Waals surface area contributed by atoms with Crippen LogP contribution in [0.15, 0.2) is 18.3 Å². The van der Waals surface area contributed by atoms with Gasteiger partial charge in [-0.1, -0.05) is 0 Å². The number of H-pyrrole nitrogens is 1. The van der Waals surface area contributed by atoms with E-state index in [0.29, 0.717) is 5.92 Å². The number of hydrogen-bond donors (Lipinski definition) is 2. The number of pyridine rings is 1. The van der Waals surface area contributed by atoms with Crippen molar-refractivity contribution in [1.29, 1.82) is 0 Å². The Kier molecular flexibility index (Phi) is 4.15. The Hall–Kier alpha value is -1.95. The van der Waals surface area contributed by atoms with Crippen LogP contribution in [0.5, 0.6) is 0 Å². The SMILES string of the molecule is CNCC1CCCN(c2n[nH]c(-c3ccc(C)nc3)n2)C1. The van der Waals surface area contributed by atoms with Gasteiger partial charge in [-0.3, -0.25) is 10.1 Å². The molecule has 0 amide bonds. The third kappa shape index (κ3) is 3.21. The van der Waals surface area contributed by atoms with E-state index >= 15 is 0 Å². The van der Waals surface area contributed by atoms with Gasteiger partial charge < -0.3 is 10.2 Å². The number of piperidine rings is 1. The molecule has 3 heterocycles. The first kappa shape index (κ1) is 14.0. The molecule has 1 fully saturated rings. The van der Waals surface area contributed by atoms with Gasteiger partial charge in [0, 0.05) is 30.5 Å². The monoisotopic (exact) mass is 286 g/mol. The minimum atomic E-state index is 0.673. The predicted octanol–water partition coefficient (Wildman–Crippen LogP) is 1.61. The zero-order chi connectivity index (χ0) is 14.7. The van der Waals surface area contributed by atoms with Gasteiger partial charge in [-0.15, -0.1) is 5.10 Å². The van der Waals surface area contributed by atoms with Crippen molar-refractivity contribution < 1.29 is 0 Å². The lowest BCUT2D eigenvalue weighted by molar-refractivity contribution is 0.399. The van der Waals surface area contributed by atoms with Crippen LogP contribution in [0.1, 0.15) is 18.5 Å². The number of aromatic amines is 1. The highest BCUT2D eigenvalue weighted by atomic mass is 15.4. The molecule has 1 aliphatic rings. The van der Waals surface area contributed by atoms with Gasteiger partial charge >= 0.3 is 0 Å². The molecular formula is C15H22N6. The highest BCUT2D eigenvalue weighted by molar-refractivity contribution is 5.55. The molecular weight excluding hydrogens is 264 g/mol. The number of rotatable bonds is 4. The van der Waals surface area contributed by atoms with Crippen LogP contribution < -0.4 is 10.2 Å². The second-order valence-electron chi connectivity index (χ2n) is 5.68. The number of nitrogens with one attached hydrogen (secondary N) is 2. The van der Waals surface area contributed by atoms with Crippen LogP contribution in [0.4, 0.5) is 5.95 Å². The number of aryl methyl sites for hydroxylation is 1. The van der Waals surface area contributed by atoms with E-state index in [4.69, 9.17) is 0 Å². The van der Waals surface area contributed by atoms with Gasteiger partial charge in [0.1, 0.15) is 0 Å².